The fourth-order valence-electron chi connectivity index (χ4n) is 3.17. The molecule has 0 saturated carbocycles. The average Bonchev–Trinajstić information content (AvgIpc) is 3.02. The Labute approximate surface area is 152 Å². The molecule has 0 aliphatic carbocycles. The van der Waals surface area contributed by atoms with Crippen LogP contribution in [0.25, 0.3) is 0 Å². The molecule has 3 rings (SSSR count). The predicted molar refractivity (Wildman–Crippen MR) is 96.5 cm³/mol. The van der Waals surface area contributed by atoms with Crippen molar-refractivity contribution in [2.24, 2.45) is 0 Å². The number of aryl methyl sites for hydroxylation is 2. The number of carbonyl (C=O) groups is 1. The maximum atomic E-state index is 12.4. The van der Waals surface area contributed by atoms with Crippen LogP contribution in [-0.2, 0) is 17.9 Å². The normalized spacial score (nSPS) is 15.2. The predicted octanol–water partition coefficient (Wildman–Crippen LogP) is 1.83. The van der Waals surface area contributed by atoms with Crippen LogP contribution in [0.4, 0.5) is 5.69 Å². The van der Waals surface area contributed by atoms with Crippen molar-refractivity contribution in [1.82, 2.24) is 19.6 Å². The van der Waals surface area contributed by atoms with Crippen molar-refractivity contribution >= 4 is 11.6 Å². The van der Waals surface area contributed by atoms with Crippen molar-refractivity contribution in [1.29, 1.82) is 0 Å². The van der Waals surface area contributed by atoms with E-state index < -0.39 is 4.92 Å². The molecular weight excluding hydrogens is 334 g/mol. The minimum Gasteiger partial charge on any atom is -0.340 e. The molecule has 2 aromatic rings. The summed E-state index contributed by atoms with van der Waals surface area (Å²) in [6, 6.07) is 10.3. The van der Waals surface area contributed by atoms with E-state index in [0.717, 1.165) is 19.6 Å². The van der Waals surface area contributed by atoms with E-state index in [-0.39, 0.29) is 11.6 Å². The Balaban J connectivity index is 1.45. The third-order valence-electron chi connectivity index (χ3n) is 4.65. The highest BCUT2D eigenvalue weighted by Crippen LogP contribution is 2.15. The van der Waals surface area contributed by atoms with E-state index >= 15 is 0 Å². The molecule has 0 unspecified atom stereocenters. The number of rotatable bonds is 6. The van der Waals surface area contributed by atoms with Crippen LogP contribution in [-0.4, -0.2) is 56.6 Å². The largest absolute Gasteiger partial charge is 0.340 e. The highest BCUT2D eigenvalue weighted by atomic mass is 16.6. The van der Waals surface area contributed by atoms with Crippen molar-refractivity contribution < 1.29 is 9.72 Å². The Bertz CT molecular complexity index is 766. The Morgan fingerprint density at radius 3 is 2.50 bits per heavy atom. The third-order valence-corrected chi connectivity index (χ3v) is 4.65. The van der Waals surface area contributed by atoms with Gasteiger partial charge in [0.05, 0.1) is 4.92 Å². The van der Waals surface area contributed by atoms with Gasteiger partial charge in [0.2, 0.25) is 5.91 Å². The van der Waals surface area contributed by atoms with Crippen LogP contribution in [0.15, 0.2) is 36.5 Å². The second-order valence-electron chi connectivity index (χ2n) is 6.51. The molecule has 2 heterocycles. The van der Waals surface area contributed by atoms with Gasteiger partial charge in [0.1, 0.15) is 11.9 Å². The summed E-state index contributed by atoms with van der Waals surface area (Å²) in [5.41, 5.74) is 1.65. The average molecular weight is 357 g/mol. The second kappa shape index (κ2) is 8.09. The van der Waals surface area contributed by atoms with Crippen molar-refractivity contribution in [3.8, 4) is 0 Å². The van der Waals surface area contributed by atoms with Crippen LogP contribution in [0.2, 0.25) is 0 Å². The number of nitro groups is 1. The summed E-state index contributed by atoms with van der Waals surface area (Å²) in [5, 5.41) is 15.0. The number of nitrogens with zero attached hydrogens (tertiary/aromatic N) is 5. The molecule has 26 heavy (non-hydrogen) atoms. The molecule has 1 aromatic heterocycles. The van der Waals surface area contributed by atoms with Crippen LogP contribution in [0.3, 0.4) is 0 Å². The molecule has 0 atom stereocenters. The number of piperazine rings is 1. The number of benzene rings is 1. The summed E-state index contributed by atoms with van der Waals surface area (Å²) < 4.78 is 1.48. The number of carbonyl (C=O) groups excluding carboxylic acids is 1. The zero-order chi connectivity index (χ0) is 18.5. The molecule has 0 radical (unpaired) electrons. The van der Waals surface area contributed by atoms with Crippen LogP contribution >= 0.6 is 0 Å². The zero-order valence-electron chi connectivity index (χ0n) is 14.9. The SMILES string of the molecule is Cc1nn(CCC(=O)N2CCN(Cc3ccccc3)CC2)cc1[N+](=O)[O-]. The van der Waals surface area contributed by atoms with Crippen LogP contribution in [0.1, 0.15) is 17.7 Å². The van der Waals surface area contributed by atoms with Crippen molar-refractivity contribution in [3.63, 3.8) is 0 Å². The first-order valence-corrected chi connectivity index (χ1v) is 8.75. The molecule has 1 fully saturated rings. The first-order valence-electron chi connectivity index (χ1n) is 8.75. The van der Waals surface area contributed by atoms with Gasteiger partial charge in [0.15, 0.2) is 0 Å². The quantitative estimate of drug-likeness (QED) is 0.582. The smallest absolute Gasteiger partial charge is 0.309 e. The summed E-state index contributed by atoms with van der Waals surface area (Å²) in [5.74, 6) is 0.0696. The monoisotopic (exact) mass is 357 g/mol. The number of hydrogen-bond acceptors (Lipinski definition) is 5. The highest BCUT2D eigenvalue weighted by molar-refractivity contribution is 5.76. The Morgan fingerprint density at radius 1 is 1.19 bits per heavy atom. The Kier molecular flexibility index (Phi) is 5.62. The number of hydrogen-bond donors (Lipinski definition) is 0. The summed E-state index contributed by atoms with van der Waals surface area (Å²) in [7, 11) is 0. The van der Waals surface area contributed by atoms with Crippen LogP contribution in [0.5, 0.6) is 0 Å². The first-order chi connectivity index (χ1) is 12.5. The number of aromatic nitrogens is 2. The standard InChI is InChI=1S/C18H23N5O3/c1-15-17(23(25)26)14-22(19-15)8-7-18(24)21-11-9-20(10-12-21)13-16-5-3-2-4-6-16/h2-6,14H,7-13H2,1H3. The van der Waals surface area contributed by atoms with E-state index in [9.17, 15) is 14.9 Å². The minimum atomic E-state index is -0.452. The van der Waals surface area contributed by atoms with Gasteiger partial charge < -0.3 is 4.90 Å². The molecule has 1 aliphatic rings. The molecule has 1 saturated heterocycles. The molecule has 0 spiro atoms. The molecular formula is C18H23N5O3. The Morgan fingerprint density at radius 2 is 1.88 bits per heavy atom. The highest BCUT2D eigenvalue weighted by Gasteiger charge is 2.21. The summed E-state index contributed by atoms with van der Waals surface area (Å²) in [6.07, 6.45) is 1.69. The minimum absolute atomic E-state index is 0.00743. The number of amides is 1. The zero-order valence-corrected chi connectivity index (χ0v) is 14.9. The lowest BCUT2D eigenvalue weighted by molar-refractivity contribution is -0.385. The maximum absolute atomic E-state index is 12.4. The van der Waals surface area contributed by atoms with Gasteiger partial charge in [0.25, 0.3) is 0 Å². The van der Waals surface area contributed by atoms with Crippen molar-refractivity contribution in [2.75, 3.05) is 26.2 Å². The van der Waals surface area contributed by atoms with Crippen molar-refractivity contribution in [2.45, 2.75) is 26.4 Å². The molecule has 8 heteroatoms. The van der Waals surface area contributed by atoms with Gasteiger partial charge in [-0.05, 0) is 12.5 Å². The summed E-state index contributed by atoms with van der Waals surface area (Å²) in [6.45, 7) is 5.99. The lowest BCUT2D eigenvalue weighted by atomic mass is 10.2. The molecule has 1 aliphatic heterocycles. The van der Waals surface area contributed by atoms with Gasteiger partial charge in [-0.25, -0.2) is 0 Å². The lowest BCUT2D eigenvalue weighted by Crippen LogP contribution is -2.48. The topological polar surface area (TPSA) is 84.5 Å². The fourth-order valence-corrected chi connectivity index (χ4v) is 3.17. The van der Waals surface area contributed by atoms with Gasteiger partial charge in [-0.1, -0.05) is 30.3 Å². The molecule has 8 nitrogen and oxygen atoms in total. The van der Waals surface area contributed by atoms with Gasteiger partial charge in [-0.3, -0.25) is 24.5 Å². The summed E-state index contributed by atoms with van der Waals surface area (Å²) in [4.78, 5) is 27.0. The molecule has 1 aromatic carbocycles. The first kappa shape index (κ1) is 18.1. The molecule has 0 N–H and O–H groups in total. The molecule has 1 amide bonds. The van der Waals surface area contributed by atoms with Gasteiger partial charge in [-0.15, -0.1) is 0 Å². The fraction of sp³-hybridized carbons (Fsp3) is 0.444. The van der Waals surface area contributed by atoms with E-state index in [1.807, 2.05) is 23.1 Å². The lowest BCUT2D eigenvalue weighted by Gasteiger charge is -2.34. The van der Waals surface area contributed by atoms with Crippen molar-refractivity contribution in [3.05, 3.63) is 57.9 Å². The Hall–Kier alpha value is -2.74. The van der Waals surface area contributed by atoms with Gasteiger partial charge >= 0.3 is 5.69 Å². The van der Waals surface area contributed by atoms with E-state index in [1.54, 1.807) is 6.92 Å². The van der Waals surface area contributed by atoms with Crippen LogP contribution in [0, 0.1) is 17.0 Å². The van der Waals surface area contributed by atoms with Gasteiger partial charge in [-0.2, -0.15) is 5.10 Å². The second-order valence-corrected chi connectivity index (χ2v) is 6.51. The van der Waals surface area contributed by atoms with E-state index in [0.29, 0.717) is 31.7 Å². The molecule has 0 bridgehead atoms. The molecule has 138 valence electrons. The van der Waals surface area contributed by atoms with Gasteiger partial charge in [0, 0.05) is 45.7 Å². The van der Waals surface area contributed by atoms with E-state index in [1.165, 1.54) is 16.4 Å². The summed E-state index contributed by atoms with van der Waals surface area (Å²) >= 11 is 0. The van der Waals surface area contributed by atoms with E-state index in [2.05, 4.69) is 22.1 Å². The maximum Gasteiger partial charge on any atom is 0.309 e. The third kappa shape index (κ3) is 4.45. The van der Waals surface area contributed by atoms with Crippen LogP contribution < -0.4 is 0 Å². The van der Waals surface area contributed by atoms with E-state index in [4.69, 9.17) is 0 Å².